The molecule has 0 aromatic heterocycles. The maximum Gasteiger partial charge on any atom is 0.304 e. The van der Waals surface area contributed by atoms with Crippen molar-refractivity contribution in [2.75, 3.05) is 13.2 Å². The number of hydrogen-bond acceptors (Lipinski definition) is 3. The van der Waals surface area contributed by atoms with Crippen LogP contribution in [0.2, 0.25) is 0 Å². The summed E-state index contributed by atoms with van der Waals surface area (Å²) in [6.45, 7) is 1.93. The number of carboxylic acid groups (broad SMARTS) is 1. The second-order valence-electron chi connectivity index (χ2n) is 7.17. The Kier molecular flexibility index (Phi) is 10.8. The van der Waals surface area contributed by atoms with E-state index in [0.29, 0.717) is 13.1 Å². The van der Waals surface area contributed by atoms with E-state index in [1.54, 1.807) is 0 Å². The van der Waals surface area contributed by atoms with Gasteiger partial charge in [-0.25, -0.2) is 0 Å². The zero-order valence-electron chi connectivity index (χ0n) is 16.7. The monoisotopic (exact) mass is 383 g/mol. The van der Waals surface area contributed by atoms with E-state index < -0.39 is 5.97 Å². The highest BCUT2D eigenvalue weighted by Gasteiger charge is 1.99. The third-order valence-electron chi connectivity index (χ3n) is 4.74. The summed E-state index contributed by atoms with van der Waals surface area (Å²) in [5, 5.41) is 11.7. The standard InChI is InChI=1S/C24H33NO3/c26-24(27)17-18-25-20-22-13-15-23(16-14-22)28-19-9-4-2-1-3-6-10-21-11-7-5-8-12-21/h5,7-8,11-16,25H,1-4,6,9-10,17-20H2,(H,26,27). The van der Waals surface area contributed by atoms with Crippen molar-refractivity contribution in [3.8, 4) is 5.75 Å². The molecule has 4 nitrogen and oxygen atoms in total. The van der Waals surface area contributed by atoms with Crippen molar-refractivity contribution in [3.63, 3.8) is 0 Å². The lowest BCUT2D eigenvalue weighted by Gasteiger charge is -2.08. The molecular weight excluding hydrogens is 350 g/mol. The first kappa shape index (κ1) is 22.0. The van der Waals surface area contributed by atoms with Crippen LogP contribution in [0.25, 0.3) is 0 Å². The van der Waals surface area contributed by atoms with Gasteiger partial charge in [0.15, 0.2) is 0 Å². The first-order valence-corrected chi connectivity index (χ1v) is 10.4. The van der Waals surface area contributed by atoms with Gasteiger partial charge in [0.2, 0.25) is 0 Å². The predicted molar refractivity (Wildman–Crippen MR) is 114 cm³/mol. The minimum absolute atomic E-state index is 0.147. The number of rotatable bonds is 15. The lowest BCUT2D eigenvalue weighted by molar-refractivity contribution is -0.136. The van der Waals surface area contributed by atoms with Gasteiger partial charge in [-0.2, -0.15) is 0 Å². The van der Waals surface area contributed by atoms with Gasteiger partial charge in [-0.05, 0) is 42.5 Å². The van der Waals surface area contributed by atoms with Crippen molar-refractivity contribution < 1.29 is 14.6 Å². The minimum Gasteiger partial charge on any atom is -0.494 e. The SMILES string of the molecule is O=C(O)CCNCc1ccc(OCCCCCCCCc2ccccc2)cc1. The van der Waals surface area contributed by atoms with E-state index in [0.717, 1.165) is 24.3 Å². The molecule has 0 bridgehead atoms. The summed E-state index contributed by atoms with van der Waals surface area (Å²) in [6, 6.07) is 18.7. The number of carbonyl (C=O) groups is 1. The van der Waals surface area contributed by atoms with Gasteiger partial charge < -0.3 is 15.2 Å². The molecule has 0 radical (unpaired) electrons. The third kappa shape index (κ3) is 10.1. The molecule has 28 heavy (non-hydrogen) atoms. The molecule has 0 atom stereocenters. The molecule has 2 N–H and O–H groups in total. The second kappa shape index (κ2) is 13.8. The van der Waals surface area contributed by atoms with Crippen LogP contribution in [-0.2, 0) is 17.8 Å². The van der Waals surface area contributed by atoms with Crippen LogP contribution in [-0.4, -0.2) is 24.2 Å². The van der Waals surface area contributed by atoms with Crippen LogP contribution in [0.4, 0.5) is 0 Å². The quantitative estimate of drug-likeness (QED) is 0.414. The Bertz CT molecular complexity index is 655. The average molecular weight is 384 g/mol. The maximum atomic E-state index is 10.5. The zero-order valence-corrected chi connectivity index (χ0v) is 16.7. The molecule has 0 amide bonds. The number of nitrogens with one attached hydrogen (secondary N) is 1. The van der Waals surface area contributed by atoms with E-state index in [4.69, 9.17) is 9.84 Å². The topological polar surface area (TPSA) is 58.6 Å². The largest absolute Gasteiger partial charge is 0.494 e. The molecule has 2 aromatic rings. The van der Waals surface area contributed by atoms with Gasteiger partial charge in [0.05, 0.1) is 13.0 Å². The normalized spacial score (nSPS) is 10.7. The molecule has 0 fully saturated rings. The van der Waals surface area contributed by atoms with Crippen molar-refractivity contribution in [1.82, 2.24) is 5.32 Å². The summed E-state index contributed by atoms with van der Waals surface area (Å²) in [5.74, 6) is 0.126. The molecule has 2 rings (SSSR count). The fourth-order valence-electron chi connectivity index (χ4n) is 3.10. The average Bonchev–Trinajstić information content (AvgIpc) is 2.71. The Morgan fingerprint density at radius 1 is 0.821 bits per heavy atom. The van der Waals surface area contributed by atoms with Crippen molar-refractivity contribution in [1.29, 1.82) is 0 Å². The lowest BCUT2D eigenvalue weighted by atomic mass is 10.1. The van der Waals surface area contributed by atoms with E-state index in [2.05, 4.69) is 35.6 Å². The van der Waals surface area contributed by atoms with Gasteiger partial charge in [-0.3, -0.25) is 4.79 Å². The third-order valence-corrected chi connectivity index (χ3v) is 4.74. The molecule has 0 aliphatic heterocycles. The number of aliphatic carboxylic acids is 1. The molecule has 0 spiro atoms. The molecule has 2 aromatic carbocycles. The van der Waals surface area contributed by atoms with Crippen LogP contribution in [0.3, 0.4) is 0 Å². The number of carboxylic acids is 1. The Morgan fingerprint density at radius 2 is 1.50 bits per heavy atom. The van der Waals surface area contributed by atoms with Crippen molar-refractivity contribution >= 4 is 5.97 Å². The van der Waals surface area contributed by atoms with Gasteiger partial charge in [-0.1, -0.05) is 68.1 Å². The van der Waals surface area contributed by atoms with E-state index in [-0.39, 0.29) is 6.42 Å². The van der Waals surface area contributed by atoms with E-state index in [1.807, 2.05) is 24.3 Å². The molecule has 0 aliphatic rings. The van der Waals surface area contributed by atoms with Gasteiger partial charge in [0, 0.05) is 13.1 Å². The lowest BCUT2D eigenvalue weighted by Crippen LogP contribution is -2.17. The van der Waals surface area contributed by atoms with Crippen LogP contribution in [0, 0.1) is 0 Å². The molecule has 0 heterocycles. The van der Waals surface area contributed by atoms with Gasteiger partial charge >= 0.3 is 5.97 Å². The highest BCUT2D eigenvalue weighted by Crippen LogP contribution is 2.14. The van der Waals surface area contributed by atoms with E-state index >= 15 is 0 Å². The smallest absolute Gasteiger partial charge is 0.304 e. The molecule has 0 saturated heterocycles. The first-order valence-electron chi connectivity index (χ1n) is 10.4. The van der Waals surface area contributed by atoms with E-state index in [9.17, 15) is 4.79 Å². The number of unbranched alkanes of at least 4 members (excludes halogenated alkanes) is 5. The number of benzene rings is 2. The zero-order chi connectivity index (χ0) is 19.9. The van der Waals surface area contributed by atoms with Crippen molar-refractivity contribution in [3.05, 3.63) is 65.7 Å². The molecule has 152 valence electrons. The number of ether oxygens (including phenoxy) is 1. The summed E-state index contributed by atoms with van der Waals surface area (Å²) in [6.07, 6.45) is 8.81. The minimum atomic E-state index is -0.775. The highest BCUT2D eigenvalue weighted by atomic mass is 16.5. The van der Waals surface area contributed by atoms with Crippen LogP contribution >= 0.6 is 0 Å². The molecular formula is C24H33NO3. The van der Waals surface area contributed by atoms with Gasteiger partial charge in [0.25, 0.3) is 0 Å². The van der Waals surface area contributed by atoms with Crippen LogP contribution in [0.15, 0.2) is 54.6 Å². The Balaban J connectivity index is 1.44. The first-order chi connectivity index (χ1) is 13.7. The summed E-state index contributed by atoms with van der Waals surface area (Å²) >= 11 is 0. The fourth-order valence-corrected chi connectivity index (χ4v) is 3.10. The van der Waals surface area contributed by atoms with Crippen LogP contribution in [0.1, 0.15) is 56.1 Å². The highest BCUT2D eigenvalue weighted by molar-refractivity contribution is 5.66. The summed E-state index contributed by atoms with van der Waals surface area (Å²) in [4.78, 5) is 10.5. The van der Waals surface area contributed by atoms with Crippen molar-refractivity contribution in [2.45, 2.75) is 57.9 Å². The summed E-state index contributed by atoms with van der Waals surface area (Å²) in [7, 11) is 0. The molecule has 0 saturated carbocycles. The van der Waals surface area contributed by atoms with Crippen LogP contribution in [0.5, 0.6) is 5.75 Å². The molecule has 4 heteroatoms. The van der Waals surface area contributed by atoms with E-state index in [1.165, 1.54) is 44.1 Å². The Labute approximate surface area is 168 Å². The summed E-state index contributed by atoms with van der Waals surface area (Å²) < 4.78 is 5.81. The predicted octanol–water partition coefficient (Wildman–Crippen LogP) is 5.21. The number of aryl methyl sites for hydroxylation is 1. The van der Waals surface area contributed by atoms with Crippen LogP contribution < -0.4 is 10.1 Å². The Morgan fingerprint density at radius 3 is 2.21 bits per heavy atom. The second-order valence-corrected chi connectivity index (χ2v) is 7.17. The summed E-state index contributed by atoms with van der Waals surface area (Å²) in [5.41, 5.74) is 2.58. The van der Waals surface area contributed by atoms with Gasteiger partial charge in [0.1, 0.15) is 5.75 Å². The Hall–Kier alpha value is -2.33. The fraction of sp³-hybridized carbons (Fsp3) is 0.458. The molecule has 0 aliphatic carbocycles. The van der Waals surface area contributed by atoms with Gasteiger partial charge in [-0.15, -0.1) is 0 Å². The maximum absolute atomic E-state index is 10.5. The van der Waals surface area contributed by atoms with Crippen molar-refractivity contribution in [2.24, 2.45) is 0 Å². The molecule has 0 unspecified atom stereocenters. The number of hydrogen-bond donors (Lipinski definition) is 2.